The van der Waals surface area contributed by atoms with Crippen LogP contribution in [0.3, 0.4) is 0 Å². The van der Waals surface area contributed by atoms with Crippen LogP contribution in [0.15, 0.2) is 0 Å². The molecule has 3 atom stereocenters. The van der Waals surface area contributed by atoms with Crippen LogP contribution in [-0.2, 0) is 9.53 Å². The number of hydrogen-bond donors (Lipinski definition) is 1. The van der Waals surface area contributed by atoms with Crippen molar-refractivity contribution in [2.45, 2.75) is 76.7 Å². The Hall–Kier alpha value is -0.610. The van der Waals surface area contributed by atoms with Crippen LogP contribution in [0.25, 0.3) is 0 Å². The van der Waals surface area contributed by atoms with Gasteiger partial charge in [0.15, 0.2) is 0 Å². The Morgan fingerprint density at radius 1 is 1.25 bits per heavy atom. The van der Waals surface area contributed by atoms with Crippen molar-refractivity contribution in [2.24, 2.45) is 5.92 Å². The molecule has 1 amide bonds. The van der Waals surface area contributed by atoms with Crippen molar-refractivity contribution in [2.75, 3.05) is 13.1 Å². The summed E-state index contributed by atoms with van der Waals surface area (Å²) in [7, 11) is 0. The lowest BCUT2D eigenvalue weighted by Crippen LogP contribution is -2.46. The van der Waals surface area contributed by atoms with Crippen molar-refractivity contribution >= 4 is 5.91 Å². The minimum atomic E-state index is -0.212. The number of rotatable bonds is 3. The molecule has 4 nitrogen and oxygen atoms in total. The number of nitrogens with one attached hydrogen (secondary N) is 1. The molecule has 0 aromatic heterocycles. The zero-order valence-corrected chi connectivity index (χ0v) is 12.8. The quantitative estimate of drug-likeness (QED) is 0.859. The fourth-order valence-electron chi connectivity index (χ4n) is 4.10. The number of carbonyl (C=O) groups excluding carboxylic acids is 1. The van der Waals surface area contributed by atoms with Gasteiger partial charge in [0.1, 0.15) is 6.10 Å². The van der Waals surface area contributed by atoms with Crippen LogP contribution < -0.4 is 5.32 Å². The summed E-state index contributed by atoms with van der Waals surface area (Å²) in [4.78, 5) is 14.7. The predicted octanol–water partition coefficient (Wildman–Crippen LogP) is 1.93. The van der Waals surface area contributed by atoms with Crippen LogP contribution in [0.1, 0.15) is 52.4 Å². The molecule has 0 spiro atoms. The number of nitrogens with zero attached hydrogens (tertiary/aromatic N) is 1. The van der Waals surface area contributed by atoms with Gasteiger partial charge < -0.3 is 10.1 Å². The van der Waals surface area contributed by atoms with E-state index in [4.69, 9.17) is 4.74 Å². The summed E-state index contributed by atoms with van der Waals surface area (Å²) < 4.78 is 6.06. The average molecular weight is 280 g/mol. The zero-order chi connectivity index (χ0) is 14.1. The Balaban J connectivity index is 1.54. The minimum Gasteiger partial charge on any atom is -0.364 e. The molecule has 0 bridgehead atoms. The first-order valence-electron chi connectivity index (χ1n) is 8.33. The molecule has 2 heterocycles. The Labute approximate surface area is 122 Å². The Kier molecular flexibility index (Phi) is 4.32. The zero-order valence-electron chi connectivity index (χ0n) is 12.8. The Morgan fingerprint density at radius 2 is 2.00 bits per heavy atom. The summed E-state index contributed by atoms with van der Waals surface area (Å²) in [5, 5.41) is 2.98. The number of piperidine rings is 1. The van der Waals surface area contributed by atoms with Gasteiger partial charge in [-0.2, -0.15) is 0 Å². The third-order valence-electron chi connectivity index (χ3n) is 5.15. The van der Waals surface area contributed by atoms with Crippen LogP contribution in [-0.4, -0.2) is 48.2 Å². The maximum Gasteiger partial charge on any atom is 0.249 e. The van der Waals surface area contributed by atoms with E-state index >= 15 is 0 Å². The van der Waals surface area contributed by atoms with Gasteiger partial charge in [-0.05, 0) is 52.0 Å². The van der Waals surface area contributed by atoms with E-state index < -0.39 is 0 Å². The van der Waals surface area contributed by atoms with E-state index in [1.807, 2.05) is 13.8 Å². The van der Waals surface area contributed by atoms with E-state index in [0.29, 0.717) is 5.92 Å². The molecule has 2 aliphatic heterocycles. The molecular formula is C16H28N2O2. The molecule has 1 N–H and O–H groups in total. The van der Waals surface area contributed by atoms with Crippen LogP contribution >= 0.6 is 0 Å². The van der Waals surface area contributed by atoms with Gasteiger partial charge in [-0.1, -0.05) is 12.8 Å². The standard InChI is InChI=1S/C16H28N2O2/c1-11(2)17-16(19)14-9-12-7-8-18(10-15(12)20-14)13-5-3-4-6-13/h11-15H,3-10H2,1-2H3,(H,17,19)/t12-,14+,15+/m0/s1. The van der Waals surface area contributed by atoms with Gasteiger partial charge in [-0.15, -0.1) is 0 Å². The van der Waals surface area contributed by atoms with Gasteiger partial charge >= 0.3 is 0 Å². The molecule has 2 saturated heterocycles. The Morgan fingerprint density at radius 3 is 2.70 bits per heavy atom. The molecular weight excluding hydrogens is 252 g/mol. The van der Waals surface area contributed by atoms with Gasteiger partial charge in [-0.3, -0.25) is 9.69 Å². The smallest absolute Gasteiger partial charge is 0.249 e. The highest BCUT2D eigenvalue weighted by atomic mass is 16.5. The normalized spacial score (nSPS) is 35.5. The third kappa shape index (κ3) is 3.01. The number of carbonyl (C=O) groups is 1. The second kappa shape index (κ2) is 6.02. The molecule has 4 heteroatoms. The first kappa shape index (κ1) is 14.3. The van der Waals surface area contributed by atoms with Gasteiger partial charge in [0.05, 0.1) is 6.10 Å². The van der Waals surface area contributed by atoms with Crippen molar-refractivity contribution in [1.82, 2.24) is 10.2 Å². The number of likely N-dealkylation sites (tertiary alicyclic amines) is 1. The van der Waals surface area contributed by atoms with Crippen molar-refractivity contribution in [3.05, 3.63) is 0 Å². The topological polar surface area (TPSA) is 41.6 Å². The predicted molar refractivity (Wildman–Crippen MR) is 78.5 cm³/mol. The van der Waals surface area contributed by atoms with E-state index in [9.17, 15) is 4.79 Å². The van der Waals surface area contributed by atoms with Crippen molar-refractivity contribution in [3.63, 3.8) is 0 Å². The molecule has 20 heavy (non-hydrogen) atoms. The fraction of sp³-hybridized carbons (Fsp3) is 0.938. The first-order chi connectivity index (χ1) is 9.63. The highest BCUT2D eigenvalue weighted by Gasteiger charge is 2.43. The maximum atomic E-state index is 12.1. The summed E-state index contributed by atoms with van der Waals surface area (Å²) in [6, 6.07) is 0.979. The van der Waals surface area contributed by atoms with Gasteiger partial charge in [0.25, 0.3) is 0 Å². The number of ether oxygens (including phenoxy) is 1. The molecule has 0 unspecified atom stereocenters. The SMILES string of the molecule is CC(C)NC(=O)[C@H]1C[C@@H]2CCN(C3CCCC3)C[C@H]2O1. The molecule has 0 aromatic rings. The lowest BCUT2D eigenvalue weighted by molar-refractivity contribution is -0.133. The molecule has 114 valence electrons. The highest BCUT2D eigenvalue weighted by molar-refractivity contribution is 5.81. The molecule has 1 saturated carbocycles. The van der Waals surface area contributed by atoms with Gasteiger partial charge in [0.2, 0.25) is 5.91 Å². The fourth-order valence-corrected chi connectivity index (χ4v) is 4.10. The number of fused-ring (bicyclic) bond motifs is 1. The second-order valence-electron chi connectivity index (χ2n) is 7.04. The molecule has 3 aliphatic rings. The van der Waals surface area contributed by atoms with Crippen LogP contribution in [0.2, 0.25) is 0 Å². The number of hydrogen-bond acceptors (Lipinski definition) is 3. The largest absolute Gasteiger partial charge is 0.364 e. The maximum absolute atomic E-state index is 12.1. The van der Waals surface area contributed by atoms with Crippen molar-refractivity contribution in [1.29, 1.82) is 0 Å². The van der Waals surface area contributed by atoms with Gasteiger partial charge in [-0.25, -0.2) is 0 Å². The third-order valence-corrected chi connectivity index (χ3v) is 5.15. The molecule has 3 rings (SSSR count). The molecule has 0 radical (unpaired) electrons. The van der Waals surface area contributed by atoms with E-state index in [1.54, 1.807) is 0 Å². The molecule has 0 aromatic carbocycles. The average Bonchev–Trinajstić information content (AvgIpc) is 3.06. The van der Waals surface area contributed by atoms with Crippen molar-refractivity contribution < 1.29 is 9.53 Å². The van der Waals surface area contributed by atoms with Crippen LogP contribution in [0.5, 0.6) is 0 Å². The van der Waals surface area contributed by atoms with E-state index in [2.05, 4.69) is 10.2 Å². The summed E-state index contributed by atoms with van der Waals surface area (Å²) >= 11 is 0. The molecule has 3 fully saturated rings. The van der Waals surface area contributed by atoms with E-state index in [1.165, 1.54) is 38.6 Å². The summed E-state index contributed by atoms with van der Waals surface area (Å²) in [5.41, 5.74) is 0. The summed E-state index contributed by atoms with van der Waals surface area (Å²) in [6.07, 6.45) is 7.67. The molecule has 1 aliphatic carbocycles. The highest BCUT2D eigenvalue weighted by Crippen LogP contribution is 2.36. The Bertz CT molecular complexity index is 352. The van der Waals surface area contributed by atoms with Crippen LogP contribution in [0, 0.1) is 5.92 Å². The van der Waals surface area contributed by atoms with Crippen molar-refractivity contribution in [3.8, 4) is 0 Å². The van der Waals surface area contributed by atoms with E-state index in [0.717, 1.165) is 19.0 Å². The number of amides is 1. The second-order valence-corrected chi connectivity index (χ2v) is 7.04. The van der Waals surface area contributed by atoms with Gasteiger partial charge in [0, 0.05) is 18.6 Å². The first-order valence-corrected chi connectivity index (χ1v) is 8.33. The van der Waals surface area contributed by atoms with Crippen LogP contribution in [0.4, 0.5) is 0 Å². The lowest BCUT2D eigenvalue weighted by atomic mass is 9.90. The summed E-state index contributed by atoms with van der Waals surface area (Å²) in [6.45, 7) is 6.25. The minimum absolute atomic E-state index is 0.0850. The summed E-state index contributed by atoms with van der Waals surface area (Å²) in [5.74, 6) is 0.678. The monoisotopic (exact) mass is 280 g/mol. The lowest BCUT2D eigenvalue weighted by Gasteiger charge is -2.37. The van der Waals surface area contributed by atoms with E-state index in [-0.39, 0.29) is 24.2 Å².